The number of carbonyl (C=O) groups is 1. The zero-order valence-corrected chi connectivity index (χ0v) is 17.0. The van der Waals surface area contributed by atoms with Crippen molar-refractivity contribution in [3.05, 3.63) is 69.6 Å². The molecule has 27 heavy (non-hydrogen) atoms. The van der Waals surface area contributed by atoms with E-state index in [0.29, 0.717) is 9.90 Å². The number of hydrogen-bond acceptors (Lipinski definition) is 3. The number of amides is 1. The maximum Gasteiger partial charge on any atom is 0.265 e. The maximum absolute atomic E-state index is 13.0. The van der Waals surface area contributed by atoms with Crippen molar-refractivity contribution in [2.45, 2.75) is 13.3 Å². The second kappa shape index (κ2) is 8.01. The number of rotatable bonds is 4. The quantitative estimate of drug-likeness (QED) is 0.626. The lowest BCUT2D eigenvalue weighted by molar-refractivity contribution is 0.0643. The Kier molecular flexibility index (Phi) is 5.48. The number of piperazine rings is 1. The minimum atomic E-state index is 0.0709. The molecule has 2 aromatic carbocycles. The van der Waals surface area contributed by atoms with Crippen LogP contribution in [0.1, 0.15) is 20.8 Å². The zero-order valence-electron chi connectivity index (χ0n) is 15.5. The number of halogens is 1. The minimum absolute atomic E-state index is 0.0709. The van der Waals surface area contributed by atoms with Crippen molar-refractivity contribution in [3.63, 3.8) is 0 Å². The van der Waals surface area contributed by atoms with Gasteiger partial charge in [-0.3, -0.25) is 9.69 Å². The lowest BCUT2D eigenvalue weighted by atomic mass is 10.1. The molecule has 4 rings (SSSR count). The Bertz CT molecular complexity index is 946. The molecule has 3 aromatic rings. The smallest absolute Gasteiger partial charge is 0.265 e. The van der Waals surface area contributed by atoms with Gasteiger partial charge in [0.15, 0.2) is 0 Å². The summed E-state index contributed by atoms with van der Waals surface area (Å²) in [6, 6.07) is 16.7. The van der Waals surface area contributed by atoms with E-state index in [1.165, 1.54) is 22.5 Å². The highest BCUT2D eigenvalue weighted by atomic mass is 35.5. The van der Waals surface area contributed by atoms with E-state index in [1.807, 2.05) is 23.1 Å². The molecule has 0 atom stereocenters. The summed E-state index contributed by atoms with van der Waals surface area (Å²) >= 11 is 8.03. The molecule has 0 aliphatic carbocycles. The summed E-state index contributed by atoms with van der Waals surface area (Å²) in [6.07, 6.45) is 1.05. The van der Waals surface area contributed by atoms with Gasteiger partial charge in [-0.25, -0.2) is 0 Å². The van der Waals surface area contributed by atoms with Crippen molar-refractivity contribution >= 4 is 38.9 Å². The Balaban J connectivity index is 1.38. The third kappa shape index (κ3) is 4.03. The lowest BCUT2D eigenvalue weighted by Gasteiger charge is -2.34. The number of carbonyl (C=O) groups excluding carboxylic acids is 1. The largest absolute Gasteiger partial charge is 0.335 e. The first-order valence-electron chi connectivity index (χ1n) is 9.36. The van der Waals surface area contributed by atoms with Gasteiger partial charge in [-0.05, 0) is 30.5 Å². The van der Waals surface area contributed by atoms with E-state index in [-0.39, 0.29) is 5.91 Å². The van der Waals surface area contributed by atoms with Crippen LogP contribution in [0.15, 0.2) is 48.5 Å². The van der Waals surface area contributed by atoms with Crippen LogP contribution in [0.25, 0.3) is 10.1 Å². The van der Waals surface area contributed by atoms with Crippen molar-refractivity contribution in [2.24, 2.45) is 0 Å². The van der Waals surface area contributed by atoms with Crippen LogP contribution in [0, 0.1) is 6.92 Å². The first-order valence-corrected chi connectivity index (χ1v) is 10.6. The van der Waals surface area contributed by atoms with E-state index >= 15 is 0 Å². The van der Waals surface area contributed by atoms with Crippen molar-refractivity contribution in [1.29, 1.82) is 0 Å². The molecular weight excluding hydrogens is 376 g/mol. The summed E-state index contributed by atoms with van der Waals surface area (Å²) in [5.74, 6) is 0.0709. The molecule has 1 aliphatic heterocycles. The van der Waals surface area contributed by atoms with Gasteiger partial charge in [0, 0.05) is 42.8 Å². The highest BCUT2D eigenvalue weighted by Gasteiger charge is 2.26. The summed E-state index contributed by atoms with van der Waals surface area (Å²) in [4.78, 5) is 18.1. The van der Waals surface area contributed by atoms with Crippen molar-refractivity contribution < 1.29 is 4.79 Å². The maximum atomic E-state index is 13.0. The summed E-state index contributed by atoms with van der Waals surface area (Å²) in [6.45, 7) is 6.45. The highest BCUT2D eigenvalue weighted by Crippen LogP contribution is 2.36. The fourth-order valence-electron chi connectivity index (χ4n) is 3.56. The fourth-order valence-corrected chi connectivity index (χ4v) is 5.14. The van der Waals surface area contributed by atoms with E-state index in [2.05, 4.69) is 42.2 Å². The second-order valence-corrected chi connectivity index (χ2v) is 8.54. The normalized spacial score (nSPS) is 15.4. The van der Waals surface area contributed by atoms with Gasteiger partial charge in [0.2, 0.25) is 0 Å². The molecule has 0 saturated carbocycles. The number of fused-ring (bicyclic) bond motifs is 1. The van der Waals surface area contributed by atoms with E-state index in [1.54, 1.807) is 0 Å². The second-order valence-electron chi connectivity index (χ2n) is 7.11. The van der Waals surface area contributed by atoms with Crippen LogP contribution in [0.2, 0.25) is 5.02 Å². The molecule has 1 fully saturated rings. The van der Waals surface area contributed by atoms with Crippen LogP contribution in [0.5, 0.6) is 0 Å². The predicted octanol–water partition coefficient (Wildman–Crippen LogP) is 4.86. The summed E-state index contributed by atoms with van der Waals surface area (Å²) < 4.78 is 1.09. The molecule has 2 heterocycles. The molecule has 1 aliphatic rings. The SMILES string of the molecule is Cc1ccc2c(Cl)c(C(=O)N3CCN(CCc4ccccc4)CC3)sc2c1. The lowest BCUT2D eigenvalue weighted by Crippen LogP contribution is -2.49. The average Bonchev–Trinajstić information content (AvgIpc) is 3.02. The number of nitrogens with zero attached hydrogens (tertiary/aromatic N) is 2. The molecule has 0 radical (unpaired) electrons. The van der Waals surface area contributed by atoms with Crippen molar-refractivity contribution in [1.82, 2.24) is 9.80 Å². The zero-order chi connectivity index (χ0) is 18.8. The van der Waals surface area contributed by atoms with E-state index in [4.69, 9.17) is 11.6 Å². The molecule has 5 heteroatoms. The van der Waals surface area contributed by atoms with Gasteiger partial charge in [-0.15, -0.1) is 11.3 Å². The van der Waals surface area contributed by atoms with Crippen molar-refractivity contribution in [3.8, 4) is 0 Å². The Morgan fingerprint density at radius 3 is 2.56 bits per heavy atom. The Morgan fingerprint density at radius 2 is 1.81 bits per heavy atom. The van der Waals surface area contributed by atoms with Crippen LogP contribution >= 0.6 is 22.9 Å². The molecule has 0 bridgehead atoms. The molecule has 1 amide bonds. The van der Waals surface area contributed by atoms with Gasteiger partial charge in [-0.1, -0.05) is 54.1 Å². The third-order valence-electron chi connectivity index (χ3n) is 5.20. The van der Waals surface area contributed by atoms with Gasteiger partial charge in [0.25, 0.3) is 5.91 Å². The van der Waals surface area contributed by atoms with Gasteiger partial charge < -0.3 is 4.90 Å². The predicted molar refractivity (Wildman–Crippen MR) is 114 cm³/mol. The molecule has 0 N–H and O–H groups in total. The number of benzene rings is 2. The fraction of sp³-hybridized carbons (Fsp3) is 0.318. The Hall–Kier alpha value is -1.88. The van der Waals surface area contributed by atoms with Gasteiger partial charge in [-0.2, -0.15) is 0 Å². The first-order chi connectivity index (χ1) is 13.1. The van der Waals surface area contributed by atoms with Crippen LogP contribution in [0.4, 0.5) is 0 Å². The minimum Gasteiger partial charge on any atom is -0.335 e. The van der Waals surface area contributed by atoms with Crippen LogP contribution < -0.4 is 0 Å². The molecule has 1 aromatic heterocycles. The highest BCUT2D eigenvalue weighted by molar-refractivity contribution is 7.21. The average molecular weight is 399 g/mol. The number of aryl methyl sites for hydroxylation is 1. The van der Waals surface area contributed by atoms with Gasteiger partial charge in [0.05, 0.1) is 5.02 Å². The Morgan fingerprint density at radius 1 is 1.07 bits per heavy atom. The molecule has 140 valence electrons. The molecule has 0 unspecified atom stereocenters. The third-order valence-corrected chi connectivity index (χ3v) is 6.84. The number of thiophene rings is 1. The van der Waals surface area contributed by atoms with Crippen LogP contribution in [0.3, 0.4) is 0 Å². The van der Waals surface area contributed by atoms with Crippen LogP contribution in [-0.4, -0.2) is 48.4 Å². The molecule has 1 saturated heterocycles. The number of hydrogen-bond donors (Lipinski definition) is 0. The van der Waals surface area contributed by atoms with Crippen molar-refractivity contribution in [2.75, 3.05) is 32.7 Å². The van der Waals surface area contributed by atoms with E-state index < -0.39 is 0 Å². The summed E-state index contributed by atoms with van der Waals surface area (Å²) in [5.41, 5.74) is 2.55. The van der Waals surface area contributed by atoms with Gasteiger partial charge >= 0.3 is 0 Å². The van der Waals surface area contributed by atoms with E-state index in [9.17, 15) is 4.79 Å². The first kappa shape index (κ1) is 18.5. The molecule has 0 spiro atoms. The van der Waals surface area contributed by atoms with E-state index in [0.717, 1.165) is 49.2 Å². The standard InChI is InChI=1S/C22H23ClN2OS/c1-16-7-8-18-19(15-16)27-21(20(18)23)22(26)25-13-11-24(12-14-25)10-9-17-5-3-2-4-6-17/h2-8,15H,9-14H2,1H3. The van der Waals surface area contributed by atoms with Gasteiger partial charge in [0.1, 0.15) is 4.88 Å². The molecular formula is C22H23ClN2OS. The topological polar surface area (TPSA) is 23.6 Å². The van der Waals surface area contributed by atoms with Crippen LogP contribution in [-0.2, 0) is 6.42 Å². The Labute approximate surface area is 169 Å². The molecule has 3 nitrogen and oxygen atoms in total. The summed E-state index contributed by atoms with van der Waals surface area (Å²) in [5, 5.41) is 1.59. The summed E-state index contributed by atoms with van der Waals surface area (Å²) in [7, 11) is 0. The monoisotopic (exact) mass is 398 g/mol.